The van der Waals surface area contributed by atoms with Crippen molar-refractivity contribution in [1.82, 2.24) is 4.90 Å². The van der Waals surface area contributed by atoms with Crippen molar-refractivity contribution in [3.05, 3.63) is 53.8 Å². The normalized spacial score (nSPS) is 14.6. The third-order valence-electron chi connectivity index (χ3n) is 4.25. The number of rotatable bonds is 3. The molecule has 24 heavy (non-hydrogen) atoms. The Hall–Kier alpha value is -2.76. The van der Waals surface area contributed by atoms with Crippen LogP contribution in [0.15, 0.2) is 42.5 Å². The summed E-state index contributed by atoms with van der Waals surface area (Å²) >= 11 is 0. The molecule has 1 fully saturated rings. The van der Waals surface area contributed by atoms with Gasteiger partial charge in [-0.1, -0.05) is 0 Å². The lowest BCUT2D eigenvalue weighted by Crippen LogP contribution is -2.48. The van der Waals surface area contributed by atoms with Crippen LogP contribution >= 0.6 is 0 Å². The first kappa shape index (κ1) is 16.1. The molecule has 1 saturated heterocycles. The first-order valence-corrected chi connectivity index (χ1v) is 7.82. The van der Waals surface area contributed by atoms with Crippen molar-refractivity contribution >= 4 is 17.3 Å². The monoisotopic (exact) mass is 329 g/mol. The summed E-state index contributed by atoms with van der Waals surface area (Å²) in [5.41, 5.74) is 7.84. The number of ether oxygens (including phenoxy) is 1. The summed E-state index contributed by atoms with van der Waals surface area (Å²) in [4.78, 5) is 16.6. The Morgan fingerprint density at radius 3 is 2.33 bits per heavy atom. The SMILES string of the molecule is COc1ccc(C(=O)N2CCN(c3ccc(F)cc3)CC2)c(N)c1. The molecule has 1 amide bonds. The van der Waals surface area contributed by atoms with Gasteiger partial charge in [0, 0.05) is 43.6 Å². The predicted molar refractivity (Wildman–Crippen MR) is 91.9 cm³/mol. The molecule has 6 heteroatoms. The van der Waals surface area contributed by atoms with Gasteiger partial charge in [0.2, 0.25) is 0 Å². The molecular weight excluding hydrogens is 309 g/mol. The van der Waals surface area contributed by atoms with E-state index in [4.69, 9.17) is 10.5 Å². The van der Waals surface area contributed by atoms with Gasteiger partial charge in [-0.3, -0.25) is 4.79 Å². The third-order valence-corrected chi connectivity index (χ3v) is 4.25. The highest BCUT2D eigenvalue weighted by atomic mass is 19.1. The fourth-order valence-corrected chi connectivity index (χ4v) is 2.85. The lowest BCUT2D eigenvalue weighted by molar-refractivity contribution is 0.0748. The van der Waals surface area contributed by atoms with Gasteiger partial charge >= 0.3 is 0 Å². The van der Waals surface area contributed by atoms with Crippen LogP contribution in [-0.2, 0) is 0 Å². The van der Waals surface area contributed by atoms with E-state index in [1.54, 1.807) is 42.3 Å². The average Bonchev–Trinajstić information content (AvgIpc) is 2.62. The summed E-state index contributed by atoms with van der Waals surface area (Å²) in [5, 5.41) is 0. The summed E-state index contributed by atoms with van der Waals surface area (Å²) in [5.74, 6) is 0.307. The van der Waals surface area contributed by atoms with E-state index in [0.29, 0.717) is 43.2 Å². The van der Waals surface area contributed by atoms with Crippen molar-refractivity contribution < 1.29 is 13.9 Å². The van der Waals surface area contributed by atoms with Crippen molar-refractivity contribution in [2.45, 2.75) is 0 Å². The topological polar surface area (TPSA) is 58.8 Å². The molecule has 0 bridgehead atoms. The first-order valence-electron chi connectivity index (χ1n) is 7.82. The second kappa shape index (κ2) is 6.78. The number of methoxy groups -OCH3 is 1. The van der Waals surface area contributed by atoms with Crippen molar-refractivity contribution in [2.24, 2.45) is 0 Å². The molecule has 3 rings (SSSR count). The quantitative estimate of drug-likeness (QED) is 0.879. The highest BCUT2D eigenvalue weighted by molar-refractivity contribution is 5.99. The molecule has 0 atom stereocenters. The Bertz CT molecular complexity index is 726. The molecule has 5 nitrogen and oxygen atoms in total. The minimum Gasteiger partial charge on any atom is -0.497 e. The molecule has 126 valence electrons. The fourth-order valence-electron chi connectivity index (χ4n) is 2.85. The van der Waals surface area contributed by atoms with E-state index in [1.807, 2.05) is 0 Å². The molecule has 0 saturated carbocycles. The molecule has 0 unspecified atom stereocenters. The lowest BCUT2D eigenvalue weighted by atomic mass is 10.1. The molecule has 0 radical (unpaired) electrons. The molecule has 0 aliphatic carbocycles. The number of benzene rings is 2. The zero-order valence-corrected chi connectivity index (χ0v) is 13.5. The number of anilines is 2. The molecule has 1 heterocycles. The number of nitrogens with zero attached hydrogens (tertiary/aromatic N) is 2. The first-order chi connectivity index (χ1) is 11.6. The minimum atomic E-state index is -0.248. The molecule has 1 aliphatic rings. The van der Waals surface area contributed by atoms with Crippen LogP contribution in [0.2, 0.25) is 0 Å². The van der Waals surface area contributed by atoms with E-state index >= 15 is 0 Å². The summed E-state index contributed by atoms with van der Waals surface area (Å²) in [7, 11) is 1.56. The van der Waals surface area contributed by atoms with E-state index in [9.17, 15) is 9.18 Å². The minimum absolute atomic E-state index is 0.0751. The fraction of sp³-hybridized carbons (Fsp3) is 0.278. The Balaban J connectivity index is 1.66. The Morgan fingerprint density at radius 2 is 1.75 bits per heavy atom. The van der Waals surface area contributed by atoms with Crippen molar-refractivity contribution in [3.63, 3.8) is 0 Å². The van der Waals surface area contributed by atoms with Crippen LogP contribution in [0.25, 0.3) is 0 Å². The molecule has 2 aromatic carbocycles. The number of halogens is 1. The van der Waals surface area contributed by atoms with Gasteiger partial charge in [0.25, 0.3) is 5.91 Å². The van der Waals surface area contributed by atoms with Crippen molar-refractivity contribution in [1.29, 1.82) is 0 Å². The van der Waals surface area contributed by atoms with E-state index in [1.165, 1.54) is 12.1 Å². The van der Waals surface area contributed by atoms with Gasteiger partial charge < -0.3 is 20.3 Å². The largest absolute Gasteiger partial charge is 0.497 e. The number of nitrogen functional groups attached to an aromatic ring is 1. The van der Waals surface area contributed by atoms with Crippen LogP contribution in [0.4, 0.5) is 15.8 Å². The van der Waals surface area contributed by atoms with Gasteiger partial charge in [-0.25, -0.2) is 4.39 Å². The zero-order valence-electron chi connectivity index (χ0n) is 13.5. The average molecular weight is 329 g/mol. The summed E-state index contributed by atoms with van der Waals surface area (Å²) in [6, 6.07) is 11.5. The van der Waals surface area contributed by atoms with Gasteiger partial charge in [0.05, 0.1) is 12.7 Å². The van der Waals surface area contributed by atoms with Crippen LogP contribution in [0.5, 0.6) is 5.75 Å². The molecule has 0 aromatic heterocycles. The molecule has 1 aliphatic heterocycles. The Kier molecular flexibility index (Phi) is 4.55. The van der Waals surface area contributed by atoms with Gasteiger partial charge in [0.1, 0.15) is 11.6 Å². The molecule has 2 N–H and O–H groups in total. The van der Waals surface area contributed by atoms with Crippen LogP contribution in [-0.4, -0.2) is 44.1 Å². The number of hydrogen-bond acceptors (Lipinski definition) is 4. The van der Waals surface area contributed by atoms with Gasteiger partial charge in [-0.05, 0) is 36.4 Å². The standard InChI is InChI=1S/C18H20FN3O2/c1-24-15-6-7-16(17(20)12-15)18(23)22-10-8-21(9-11-22)14-4-2-13(19)3-5-14/h2-7,12H,8-11,20H2,1H3. The number of hydrogen-bond donors (Lipinski definition) is 1. The van der Waals surface area contributed by atoms with Crippen LogP contribution in [0.3, 0.4) is 0 Å². The molecular formula is C18H20FN3O2. The Labute approximate surface area is 140 Å². The second-order valence-corrected chi connectivity index (χ2v) is 5.71. The van der Waals surface area contributed by atoms with Gasteiger partial charge in [0.15, 0.2) is 0 Å². The maximum Gasteiger partial charge on any atom is 0.256 e. The predicted octanol–water partition coefficient (Wildman–Crippen LogP) is 2.38. The van der Waals surface area contributed by atoms with E-state index < -0.39 is 0 Å². The van der Waals surface area contributed by atoms with Crippen LogP contribution < -0.4 is 15.4 Å². The van der Waals surface area contributed by atoms with Crippen LogP contribution in [0, 0.1) is 5.82 Å². The number of amides is 1. The van der Waals surface area contributed by atoms with Gasteiger partial charge in [-0.2, -0.15) is 0 Å². The molecule has 0 spiro atoms. The lowest BCUT2D eigenvalue weighted by Gasteiger charge is -2.36. The second-order valence-electron chi connectivity index (χ2n) is 5.71. The molecule has 2 aromatic rings. The van der Waals surface area contributed by atoms with Gasteiger partial charge in [-0.15, -0.1) is 0 Å². The number of piperazine rings is 1. The highest BCUT2D eigenvalue weighted by Crippen LogP contribution is 2.22. The van der Waals surface area contributed by atoms with Crippen molar-refractivity contribution in [2.75, 3.05) is 43.9 Å². The zero-order chi connectivity index (χ0) is 17.1. The third kappa shape index (κ3) is 3.27. The van der Waals surface area contributed by atoms with Crippen LogP contribution in [0.1, 0.15) is 10.4 Å². The maximum absolute atomic E-state index is 13.0. The maximum atomic E-state index is 13.0. The summed E-state index contributed by atoms with van der Waals surface area (Å²) < 4.78 is 18.1. The Morgan fingerprint density at radius 1 is 1.08 bits per heavy atom. The summed E-state index contributed by atoms with van der Waals surface area (Å²) in [6.45, 7) is 2.60. The number of carbonyl (C=O) groups excluding carboxylic acids is 1. The van der Waals surface area contributed by atoms with Crippen molar-refractivity contribution in [3.8, 4) is 5.75 Å². The number of carbonyl (C=O) groups is 1. The number of nitrogens with two attached hydrogens (primary N) is 1. The highest BCUT2D eigenvalue weighted by Gasteiger charge is 2.23. The smallest absolute Gasteiger partial charge is 0.256 e. The van der Waals surface area contributed by atoms with E-state index in [-0.39, 0.29) is 11.7 Å². The van der Waals surface area contributed by atoms with E-state index in [2.05, 4.69) is 4.90 Å². The summed E-state index contributed by atoms with van der Waals surface area (Å²) in [6.07, 6.45) is 0. The van der Waals surface area contributed by atoms with E-state index in [0.717, 1.165) is 5.69 Å².